The molecule has 0 aromatic carbocycles. The van der Waals surface area contributed by atoms with Crippen molar-refractivity contribution in [3.8, 4) is 0 Å². The van der Waals surface area contributed by atoms with E-state index in [1.54, 1.807) is 0 Å². The number of ether oxygens (including phenoxy) is 1. The molecule has 1 saturated heterocycles. The molecule has 18 heavy (non-hydrogen) atoms. The lowest BCUT2D eigenvalue weighted by molar-refractivity contribution is -0.0289. The molecule has 2 atom stereocenters. The summed E-state index contributed by atoms with van der Waals surface area (Å²) in [6, 6.07) is 1.05. The second-order valence-electron chi connectivity index (χ2n) is 5.64. The van der Waals surface area contributed by atoms with Crippen LogP contribution in [0.5, 0.6) is 0 Å². The van der Waals surface area contributed by atoms with Crippen molar-refractivity contribution in [2.45, 2.75) is 70.6 Å². The van der Waals surface area contributed by atoms with E-state index >= 15 is 0 Å². The van der Waals surface area contributed by atoms with Crippen LogP contribution in [0.25, 0.3) is 0 Å². The standard InChI is InChI=1S/C14H26N2OS/c1-3-13-10-17-11(2)9-16(13)14(18)15-12-7-5-4-6-8-12/h11-13H,3-10H2,1-2H3,(H,15,18). The lowest BCUT2D eigenvalue weighted by Crippen LogP contribution is -2.56. The molecule has 104 valence electrons. The first-order valence-corrected chi connectivity index (χ1v) is 7.80. The third-order valence-corrected chi connectivity index (χ3v) is 4.48. The van der Waals surface area contributed by atoms with Crippen LogP contribution < -0.4 is 5.32 Å². The van der Waals surface area contributed by atoms with Gasteiger partial charge in [-0.15, -0.1) is 0 Å². The van der Waals surface area contributed by atoms with Gasteiger partial charge in [0.1, 0.15) is 0 Å². The molecule has 3 nitrogen and oxygen atoms in total. The normalized spacial score (nSPS) is 30.2. The van der Waals surface area contributed by atoms with E-state index in [-0.39, 0.29) is 0 Å². The maximum Gasteiger partial charge on any atom is 0.169 e. The van der Waals surface area contributed by atoms with Gasteiger partial charge in [-0.05, 0) is 38.4 Å². The highest BCUT2D eigenvalue weighted by Gasteiger charge is 2.28. The first kappa shape index (κ1) is 14.1. The summed E-state index contributed by atoms with van der Waals surface area (Å²) in [5.41, 5.74) is 0. The summed E-state index contributed by atoms with van der Waals surface area (Å²) in [4.78, 5) is 2.35. The van der Waals surface area contributed by atoms with Crippen LogP contribution in [0, 0.1) is 0 Å². The number of nitrogens with one attached hydrogen (secondary N) is 1. The van der Waals surface area contributed by atoms with E-state index in [0.29, 0.717) is 18.2 Å². The second kappa shape index (κ2) is 6.71. The van der Waals surface area contributed by atoms with Crippen molar-refractivity contribution in [3.63, 3.8) is 0 Å². The zero-order valence-electron chi connectivity index (χ0n) is 11.7. The van der Waals surface area contributed by atoms with Crippen LogP contribution in [0.3, 0.4) is 0 Å². The van der Waals surface area contributed by atoms with Gasteiger partial charge in [0, 0.05) is 12.6 Å². The van der Waals surface area contributed by atoms with Crippen LogP contribution in [-0.2, 0) is 4.74 Å². The minimum atomic E-state index is 0.291. The largest absolute Gasteiger partial charge is 0.375 e. The zero-order chi connectivity index (χ0) is 13.0. The topological polar surface area (TPSA) is 24.5 Å². The number of morpholine rings is 1. The summed E-state index contributed by atoms with van der Waals surface area (Å²) in [6.07, 6.45) is 8.01. The smallest absolute Gasteiger partial charge is 0.169 e. The molecule has 4 heteroatoms. The van der Waals surface area contributed by atoms with Gasteiger partial charge >= 0.3 is 0 Å². The summed E-state index contributed by atoms with van der Waals surface area (Å²) in [7, 11) is 0. The van der Waals surface area contributed by atoms with Gasteiger partial charge in [-0.3, -0.25) is 0 Å². The van der Waals surface area contributed by atoms with Crippen LogP contribution in [0.15, 0.2) is 0 Å². The Morgan fingerprint density at radius 3 is 2.72 bits per heavy atom. The predicted molar refractivity (Wildman–Crippen MR) is 78.8 cm³/mol. The van der Waals surface area contributed by atoms with E-state index in [2.05, 4.69) is 24.1 Å². The molecular formula is C14H26N2OS. The summed E-state index contributed by atoms with van der Waals surface area (Å²) in [5, 5.41) is 4.52. The Morgan fingerprint density at radius 1 is 1.33 bits per heavy atom. The van der Waals surface area contributed by atoms with Gasteiger partial charge in [0.05, 0.1) is 18.8 Å². The van der Waals surface area contributed by atoms with Crippen LogP contribution >= 0.6 is 12.2 Å². The van der Waals surface area contributed by atoms with E-state index in [1.165, 1.54) is 32.1 Å². The molecule has 0 bridgehead atoms. The lowest BCUT2D eigenvalue weighted by Gasteiger charge is -2.41. The third-order valence-electron chi connectivity index (χ3n) is 4.13. The summed E-state index contributed by atoms with van der Waals surface area (Å²) in [5.74, 6) is 0. The van der Waals surface area contributed by atoms with Gasteiger partial charge in [-0.1, -0.05) is 26.2 Å². The molecule has 0 spiro atoms. The highest BCUT2D eigenvalue weighted by atomic mass is 32.1. The Morgan fingerprint density at radius 2 is 2.06 bits per heavy atom. The van der Waals surface area contributed by atoms with Crippen molar-refractivity contribution in [1.29, 1.82) is 0 Å². The van der Waals surface area contributed by atoms with E-state index in [9.17, 15) is 0 Å². The Labute approximate surface area is 116 Å². The van der Waals surface area contributed by atoms with E-state index in [0.717, 1.165) is 24.7 Å². The quantitative estimate of drug-likeness (QED) is 0.780. The fourth-order valence-corrected chi connectivity index (χ4v) is 3.33. The van der Waals surface area contributed by atoms with Gasteiger partial charge in [0.25, 0.3) is 0 Å². The molecule has 1 aliphatic carbocycles. The van der Waals surface area contributed by atoms with E-state index in [4.69, 9.17) is 17.0 Å². The Bertz CT molecular complexity index is 279. The predicted octanol–water partition coefficient (Wildman–Crippen LogP) is 2.69. The van der Waals surface area contributed by atoms with E-state index < -0.39 is 0 Å². The molecule has 2 aliphatic rings. The van der Waals surface area contributed by atoms with Crippen molar-refractivity contribution in [2.24, 2.45) is 0 Å². The lowest BCUT2D eigenvalue weighted by atomic mass is 9.96. The van der Waals surface area contributed by atoms with Gasteiger partial charge in [0.15, 0.2) is 5.11 Å². The van der Waals surface area contributed by atoms with Crippen LogP contribution in [-0.4, -0.2) is 41.4 Å². The number of thiocarbonyl (C=S) groups is 1. The van der Waals surface area contributed by atoms with Crippen molar-refractivity contribution in [2.75, 3.05) is 13.2 Å². The third kappa shape index (κ3) is 3.58. The summed E-state index contributed by atoms with van der Waals surface area (Å²) < 4.78 is 5.72. The molecule has 1 heterocycles. The van der Waals surface area contributed by atoms with Crippen molar-refractivity contribution in [3.05, 3.63) is 0 Å². The maximum atomic E-state index is 5.72. The zero-order valence-corrected chi connectivity index (χ0v) is 12.5. The number of rotatable bonds is 2. The molecule has 2 unspecified atom stereocenters. The van der Waals surface area contributed by atoms with Gasteiger partial charge in [-0.25, -0.2) is 0 Å². The molecule has 0 radical (unpaired) electrons. The minimum Gasteiger partial charge on any atom is -0.375 e. The summed E-state index contributed by atoms with van der Waals surface area (Å²) >= 11 is 5.61. The summed E-state index contributed by atoms with van der Waals surface area (Å²) in [6.45, 7) is 6.07. The van der Waals surface area contributed by atoms with Crippen molar-refractivity contribution in [1.82, 2.24) is 10.2 Å². The van der Waals surface area contributed by atoms with Crippen molar-refractivity contribution >= 4 is 17.3 Å². The average molecular weight is 270 g/mol. The van der Waals surface area contributed by atoms with Gasteiger partial charge in [-0.2, -0.15) is 0 Å². The molecule has 1 saturated carbocycles. The number of hydrogen-bond donors (Lipinski definition) is 1. The Balaban J connectivity index is 1.88. The first-order valence-electron chi connectivity index (χ1n) is 7.39. The van der Waals surface area contributed by atoms with E-state index in [1.807, 2.05) is 0 Å². The fraction of sp³-hybridized carbons (Fsp3) is 0.929. The Hall–Kier alpha value is -0.350. The minimum absolute atomic E-state index is 0.291. The highest BCUT2D eigenvalue weighted by Crippen LogP contribution is 2.19. The van der Waals surface area contributed by atoms with Crippen LogP contribution in [0.1, 0.15) is 52.4 Å². The SMILES string of the molecule is CCC1COC(C)CN1C(=S)NC1CCCCC1. The fourth-order valence-electron chi connectivity index (χ4n) is 2.94. The number of hydrogen-bond acceptors (Lipinski definition) is 2. The molecular weight excluding hydrogens is 244 g/mol. The van der Waals surface area contributed by atoms with Crippen molar-refractivity contribution < 1.29 is 4.74 Å². The molecule has 1 aliphatic heterocycles. The van der Waals surface area contributed by atoms with Crippen LogP contribution in [0.2, 0.25) is 0 Å². The second-order valence-corrected chi connectivity index (χ2v) is 6.03. The molecule has 0 aromatic heterocycles. The van der Waals surface area contributed by atoms with Crippen LogP contribution in [0.4, 0.5) is 0 Å². The molecule has 0 amide bonds. The highest BCUT2D eigenvalue weighted by molar-refractivity contribution is 7.80. The van der Waals surface area contributed by atoms with Gasteiger partial charge < -0.3 is 15.0 Å². The average Bonchev–Trinajstić information content (AvgIpc) is 2.40. The maximum absolute atomic E-state index is 5.72. The molecule has 0 aromatic rings. The molecule has 2 fully saturated rings. The molecule has 2 rings (SSSR count). The monoisotopic (exact) mass is 270 g/mol. The first-order chi connectivity index (χ1) is 8.70. The Kier molecular flexibility index (Phi) is 5.25. The molecule has 1 N–H and O–H groups in total. The number of nitrogens with zero attached hydrogens (tertiary/aromatic N) is 1. The van der Waals surface area contributed by atoms with Gasteiger partial charge in [0.2, 0.25) is 0 Å².